The number of hydrogen-bond acceptors (Lipinski definition) is 3. The molecule has 226 valence electrons. The zero-order chi connectivity index (χ0) is 31.7. The molecule has 7 aromatic carbocycles. The van der Waals surface area contributed by atoms with Gasteiger partial charge in [-0.25, -0.2) is 9.97 Å². The first-order valence-electron chi connectivity index (χ1n) is 16.3. The molecule has 0 fully saturated rings. The molecule has 11 rings (SSSR count). The molecule has 3 aromatic heterocycles. The van der Waals surface area contributed by atoms with Crippen molar-refractivity contribution in [3.05, 3.63) is 133 Å². The molecule has 0 saturated heterocycles. The van der Waals surface area contributed by atoms with Crippen LogP contribution in [0.2, 0.25) is 0 Å². The maximum Gasteiger partial charge on any atom is 0.161 e. The summed E-state index contributed by atoms with van der Waals surface area (Å²) < 4.78 is 2.53. The zero-order valence-electron chi connectivity index (χ0n) is 26.4. The fourth-order valence-electron chi connectivity index (χ4n) is 8.15. The SMILES string of the molecule is CS1(C)c2ccc3cc2c2c1cc1ccccc1c2c1nc(c2cccc(c2)c2cccc3c2)c2ccc3sc4ccccc4c3c2n1. The van der Waals surface area contributed by atoms with Crippen molar-refractivity contribution in [2.75, 3.05) is 12.5 Å². The van der Waals surface area contributed by atoms with Gasteiger partial charge in [0.05, 0.1) is 11.0 Å². The predicted molar refractivity (Wildman–Crippen MR) is 211 cm³/mol. The first-order chi connectivity index (χ1) is 23.5. The number of thiophene rings is 1. The monoisotopic (exact) mass is 648 g/mol. The van der Waals surface area contributed by atoms with Crippen LogP contribution < -0.4 is 0 Å². The third-order valence-corrected chi connectivity index (χ3v) is 14.5. The number of benzene rings is 7. The van der Waals surface area contributed by atoms with Crippen molar-refractivity contribution in [1.82, 2.24) is 9.97 Å². The van der Waals surface area contributed by atoms with Crippen LogP contribution in [-0.4, -0.2) is 22.5 Å². The lowest BCUT2D eigenvalue weighted by Gasteiger charge is -2.29. The molecule has 4 heterocycles. The highest BCUT2D eigenvalue weighted by Crippen LogP contribution is 2.66. The van der Waals surface area contributed by atoms with Gasteiger partial charge in [-0.15, -0.1) is 11.3 Å². The fourth-order valence-corrected chi connectivity index (χ4v) is 11.8. The fraction of sp³-hybridized carbons (Fsp3) is 0.0455. The molecule has 0 saturated carbocycles. The van der Waals surface area contributed by atoms with Gasteiger partial charge >= 0.3 is 0 Å². The quantitative estimate of drug-likeness (QED) is 0.164. The average Bonchev–Trinajstić information content (AvgIpc) is 3.62. The topological polar surface area (TPSA) is 25.8 Å². The summed E-state index contributed by atoms with van der Waals surface area (Å²) in [7, 11) is -1.29. The van der Waals surface area contributed by atoms with Crippen LogP contribution in [0.4, 0.5) is 0 Å². The third kappa shape index (κ3) is 3.54. The molecule has 48 heavy (non-hydrogen) atoms. The van der Waals surface area contributed by atoms with Gasteiger partial charge in [0.25, 0.3) is 0 Å². The summed E-state index contributed by atoms with van der Waals surface area (Å²) in [5.74, 6) is 0. The van der Waals surface area contributed by atoms with Crippen molar-refractivity contribution in [2.24, 2.45) is 0 Å². The Kier molecular flexibility index (Phi) is 5.24. The van der Waals surface area contributed by atoms with E-state index < -0.39 is 10.0 Å². The van der Waals surface area contributed by atoms with E-state index in [1.54, 1.807) is 0 Å². The number of aromatic nitrogens is 2. The first kappa shape index (κ1) is 26.7. The average molecular weight is 649 g/mol. The Morgan fingerprint density at radius 2 is 1.08 bits per heavy atom. The van der Waals surface area contributed by atoms with E-state index in [1.165, 1.54) is 73.1 Å². The summed E-state index contributed by atoms with van der Waals surface area (Å²) in [5, 5.41) is 15.7. The molecule has 8 bridgehead atoms. The molecule has 4 heteroatoms. The third-order valence-electron chi connectivity index (χ3n) is 10.5. The van der Waals surface area contributed by atoms with E-state index in [9.17, 15) is 0 Å². The minimum Gasteiger partial charge on any atom is -0.227 e. The van der Waals surface area contributed by atoms with Crippen molar-refractivity contribution in [2.45, 2.75) is 9.79 Å². The predicted octanol–water partition coefficient (Wildman–Crippen LogP) is 12.8. The number of nitrogens with zero attached hydrogens (tertiary/aromatic N) is 2. The van der Waals surface area contributed by atoms with Gasteiger partial charge in [-0.1, -0.05) is 84.9 Å². The Hall–Kier alpha value is -5.29. The van der Waals surface area contributed by atoms with Gasteiger partial charge in [0.1, 0.15) is 0 Å². The summed E-state index contributed by atoms with van der Waals surface area (Å²) in [5.41, 5.74) is 2.79. The molecular formula is C44H28N2S2. The van der Waals surface area contributed by atoms with Crippen LogP contribution in [-0.2, 0) is 0 Å². The normalized spacial score (nSPS) is 14.5. The maximum atomic E-state index is 5.64. The van der Waals surface area contributed by atoms with E-state index in [0.717, 1.165) is 32.8 Å². The second-order valence-electron chi connectivity index (χ2n) is 13.4. The lowest BCUT2D eigenvalue weighted by molar-refractivity contribution is 1.39. The first-order valence-corrected chi connectivity index (χ1v) is 19.6. The number of fused-ring (bicyclic) bond motifs is 19. The van der Waals surface area contributed by atoms with Crippen LogP contribution in [0.15, 0.2) is 143 Å². The van der Waals surface area contributed by atoms with E-state index in [-0.39, 0.29) is 0 Å². The van der Waals surface area contributed by atoms with E-state index in [1.807, 2.05) is 11.3 Å². The van der Waals surface area contributed by atoms with Crippen LogP contribution in [0.5, 0.6) is 0 Å². The van der Waals surface area contributed by atoms with E-state index in [4.69, 9.17) is 9.97 Å². The Morgan fingerprint density at radius 3 is 1.92 bits per heavy atom. The van der Waals surface area contributed by atoms with Crippen LogP contribution in [0.3, 0.4) is 0 Å². The zero-order valence-corrected chi connectivity index (χ0v) is 28.0. The Bertz CT molecular complexity index is 3150. The largest absolute Gasteiger partial charge is 0.227 e. The molecular weight excluding hydrogens is 621 g/mol. The highest BCUT2D eigenvalue weighted by molar-refractivity contribution is 8.33. The number of hydrogen-bond donors (Lipinski definition) is 0. The van der Waals surface area contributed by atoms with E-state index in [0.29, 0.717) is 0 Å². The van der Waals surface area contributed by atoms with Crippen molar-refractivity contribution in [3.8, 4) is 0 Å². The van der Waals surface area contributed by atoms with Gasteiger partial charge < -0.3 is 0 Å². The van der Waals surface area contributed by atoms with E-state index in [2.05, 4.69) is 146 Å². The molecule has 0 radical (unpaired) electrons. The van der Waals surface area contributed by atoms with Crippen molar-refractivity contribution < 1.29 is 0 Å². The molecule has 1 aliphatic rings. The van der Waals surface area contributed by atoms with Gasteiger partial charge in [-0.3, -0.25) is 0 Å². The second kappa shape index (κ2) is 9.41. The summed E-state index contributed by atoms with van der Waals surface area (Å²) in [4.78, 5) is 14.1. The highest BCUT2D eigenvalue weighted by atomic mass is 32.3. The van der Waals surface area contributed by atoms with Gasteiger partial charge in [-0.2, -0.15) is 10.0 Å². The van der Waals surface area contributed by atoms with Crippen LogP contribution in [0.25, 0.3) is 96.1 Å². The van der Waals surface area contributed by atoms with Crippen molar-refractivity contribution in [1.29, 1.82) is 0 Å². The Labute approximate surface area is 281 Å². The molecule has 0 amide bonds. The number of rotatable bonds is 0. The smallest absolute Gasteiger partial charge is 0.161 e. The van der Waals surface area contributed by atoms with Gasteiger partial charge in [0, 0.05) is 51.5 Å². The summed E-state index contributed by atoms with van der Waals surface area (Å²) in [6.45, 7) is 0. The Morgan fingerprint density at radius 1 is 0.417 bits per heavy atom. The second-order valence-corrected chi connectivity index (χ2v) is 18.0. The lowest BCUT2D eigenvalue weighted by atomic mass is 9.99. The maximum absolute atomic E-state index is 5.64. The molecule has 0 unspecified atom stereocenters. The lowest BCUT2D eigenvalue weighted by Crippen LogP contribution is -1.94. The Balaban J connectivity index is 1.53. The van der Waals surface area contributed by atoms with Crippen LogP contribution >= 0.6 is 21.4 Å². The van der Waals surface area contributed by atoms with Crippen LogP contribution in [0, 0.1) is 0 Å². The minimum atomic E-state index is -1.29. The summed E-state index contributed by atoms with van der Waals surface area (Å²) in [6.07, 6.45) is 4.90. The summed E-state index contributed by atoms with van der Waals surface area (Å²) >= 11 is 1.84. The molecule has 0 N–H and O–H groups in total. The molecule has 0 spiro atoms. The van der Waals surface area contributed by atoms with Gasteiger partial charge in [-0.05, 0) is 98.7 Å². The minimum absolute atomic E-state index is 0.794. The van der Waals surface area contributed by atoms with Crippen molar-refractivity contribution in [3.63, 3.8) is 0 Å². The molecule has 0 aliphatic carbocycles. The van der Waals surface area contributed by atoms with Gasteiger partial charge in [0.2, 0.25) is 0 Å². The van der Waals surface area contributed by atoms with E-state index >= 15 is 0 Å². The highest BCUT2D eigenvalue weighted by Gasteiger charge is 2.30. The van der Waals surface area contributed by atoms with Crippen LogP contribution in [0.1, 0.15) is 0 Å². The molecule has 0 atom stereocenters. The molecule has 2 nitrogen and oxygen atoms in total. The van der Waals surface area contributed by atoms with Crippen molar-refractivity contribution >= 4 is 117 Å². The molecule has 10 aromatic rings. The van der Waals surface area contributed by atoms with Gasteiger partial charge in [0.15, 0.2) is 5.65 Å². The molecule has 1 aliphatic heterocycles. The summed E-state index contributed by atoms with van der Waals surface area (Å²) in [6, 6.07) is 49.6. The standard InChI is InChI=1S/C44H28N2S2/c1-48(2)37-20-17-28-23-34(37)40-38(48)24-29-9-3-4-14-31(29)41(40)44-45-42(30-13-8-12-27(22-30)25-10-7-11-26(28)21-25)33-18-19-36-39(43(33)46-44)32-15-5-6-16-35(32)47-36/h3-24H,1-2H3.